The number of ketones is 1. The van der Waals surface area contributed by atoms with Gasteiger partial charge in [0.15, 0.2) is 17.2 Å². The van der Waals surface area contributed by atoms with Crippen LogP contribution in [0.3, 0.4) is 0 Å². The largest absolute Gasteiger partial charge is 0.490 e. The number of hydrogen-bond donors (Lipinski definition) is 0. The Balaban J connectivity index is 2.46. The van der Waals surface area contributed by atoms with Crippen molar-refractivity contribution in [2.75, 3.05) is 6.61 Å². The topological polar surface area (TPSA) is 52.1 Å². The number of carbonyl (C=O) groups excluding carboxylic acids is 1. The lowest BCUT2D eigenvalue weighted by Gasteiger charge is -2.01. The highest BCUT2D eigenvalue weighted by molar-refractivity contribution is 5.96. The van der Waals surface area contributed by atoms with Gasteiger partial charge in [0.1, 0.15) is 6.33 Å². The van der Waals surface area contributed by atoms with Crippen LogP contribution < -0.4 is 4.74 Å². The molecular weight excluding hydrogens is 156 g/mol. The predicted molar refractivity (Wildman–Crippen MR) is 41.1 cm³/mol. The molecule has 4 heteroatoms. The van der Waals surface area contributed by atoms with Crippen molar-refractivity contribution in [1.29, 1.82) is 0 Å². The maximum atomic E-state index is 11.3. The monoisotopic (exact) mass is 164 g/mol. The van der Waals surface area contributed by atoms with Gasteiger partial charge in [0.25, 0.3) is 0 Å². The van der Waals surface area contributed by atoms with E-state index in [1.165, 1.54) is 12.5 Å². The third-order valence-corrected chi connectivity index (χ3v) is 1.75. The van der Waals surface area contributed by atoms with Crippen LogP contribution in [0.15, 0.2) is 12.5 Å². The van der Waals surface area contributed by atoms with Gasteiger partial charge in [-0.25, -0.2) is 9.97 Å². The van der Waals surface area contributed by atoms with Crippen molar-refractivity contribution in [1.82, 2.24) is 9.97 Å². The van der Waals surface area contributed by atoms with E-state index in [1.807, 2.05) is 0 Å². The SMILES string of the molecule is O=C1CCCOc2cncnc21. The van der Waals surface area contributed by atoms with E-state index in [-0.39, 0.29) is 5.78 Å². The second kappa shape index (κ2) is 2.89. The van der Waals surface area contributed by atoms with Gasteiger partial charge in [-0.05, 0) is 6.42 Å². The van der Waals surface area contributed by atoms with Crippen molar-refractivity contribution in [3.05, 3.63) is 18.2 Å². The lowest BCUT2D eigenvalue weighted by Crippen LogP contribution is -2.01. The van der Waals surface area contributed by atoms with Gasteiger partial charge in [-0.2, -0.15) is 0 Å². The van der Waals surface area contributed by atoms with E-state index in [0.29, 0.717) is 24.5 Å². The molecule has 0 fully saturated rings. The van der Waals surface area contributed by atoms with Crippen molar-refractivity contribution < 1.29 is 9.53 Å². The second-order valence-corrected chi connectivity index (χ2v) is 2.61. The normalized spacial score (nSPS) is 16.2. The van der Waals surface area contributed by atoms with Crippen molar-refractivity contribution in [3.63, 3.8) is 0 Å². The van der Waals surface area contributed by atoms with Gasteiger partial charge in [0, 0.05) is 6.42 Å². The summed E-state index contributed by atoms with van der Waals surface area (Å²) in [6.45, 7) is 0.576. The Morgan fingerprint density at radius 2 is 2.42 bits per heavy atom. The van der Waals surface area contributed by atoms with Crippen LogP contribution in [0.25, 0.3) is 0 Å². The first-order chi connectivity index (χ1) is 5.88. The number of hydrogen-bond acceptors (Lipinski definition) is 4. The van der Waals surface area contributed by atoms with Crippen molar-refractivity contribution in [3.8, 4) is 5.75 Å². The van der Waals surface area contributed by atoms with Gasteiger partial charge in [0.2, 0.25) is 0 Å². The molecule has 0 N–H and O–H groups in total. The maximum Gasteiger partial charge on any atom is 0.185 e. The average molecular weight is 164 g/mol. The lowest BCUT2D eigenvalue weighted by atomic mass is 10.2. The highest BCUT2D eigenvalue weighted by atomic mass is 16.5. The zero-order valence-electron chi connectivity index (χ0n) is 6.49. The molecule has 0 radical (unpaired) electrons. The van der Waals surface area contributed by atoms with Crippen LogP contribution in [-0.2, 0) is 0 Å². The number of carbonyl (C=O) groups is 1. The van der Waals surface area contributed by atoms with E-state index in [2.05, 4.69) is 9.97 Å². The molecule has 12 heavy (non-hydrogen) atoms. The molecule has 1 aliphatic heterocycles. The molecule has 1 aromatic rings. The van der Waals surface area contributed by atoms with Crippen molar-refractivity contribution in [2.45, 2.75) is 12.8 Å². The van der Waals surface area contributed by atoms with Crippen molar-refractivity contribution >= 4 is 5.78 Å². The molecule has 62 valence electrons. The Morgan fingerprint density at radius 1 is 1.50 bits per heavy atom. The number of rotatable bonds is 0. The molecule has 0 saturated carbocycles. The quantitative estimate of drug-likeness (QED) is 0.570. The van der Waals surface area contributed by atoms with Gasteiger partial charge in [-0.1, -0.05) is 0 Å². The van der Waals surface area contributed by atoms with Crippen molar-refractivity contribution in [2.24, 2.45) is 0 Å². The molecule has 0 amide bonds. The van der Waals surface area contributed by atoms with Gasteiger partial charge in [0.05, 0.1) is 12.8 Å². The Kier molecular flexibility index (Phi) is 1.74. The first-order valence-electron chi connectivity index (χ1n) is 3.84. The molecule has 0 spiro atoms. The molecular formula is C8H8N2O2. The summed E-state index contributed by atoms with van der Waals surface area (Å²) in [6, 6.07) is 0. The van der Waals surface area contributed by atoms with Crippen LogP contribution >= 0.6 is 0 Å². The number of nitrogens with zero attached hydrogens (tertiary/aromatic N) is 2. The molecule has 0 bridgehead atoms. The number of fused-ring (bicyclic) bond motifs is 1. The molecule has 1 aliphatic rings. The number of aromatic nitrogens is 2. The smallest absolute Gasteiger partial charge is 0.185 e. The zero-order valence-corrected chi connectivity index (χ0v) is 6.49. The third-order valence-electron chi connectivity index (χ3n) is 1.75. The summed E-state index contributed by atoms with van der Waals surface area (Å²) in [6.07, 6.45) is 4.18. The minimum atomic E-state index is 0.0462. The van der Waals surface area contributed by atoms with Crippen LogP contribution in [0, 0.1) is 0 Å². The highest BCUT2D eigenvalue weighted by Gasteiger charge is 2.17. The summed E-state index contributed by atoms with van der Waals surface area (Å²) in [5, 5.41) is 0. The van der Waals surface area contributed by atoms with Crippen LogP contribution in [0.4, 0.5) is 0 Å². The van der Waals surface area contributed by atoms with E-state index in [0.717, 1.165) is 6.42 Å². The van der Waals surface area contributed by atoms with Crippen LogP contribution in [0.1, 0.15) is 23.3 Å². The average Bonchev–Trinajstić information content (AvgIpc) is 2.29. The molecule has 0 unspecified atom stereocenters. The first kappa shape index (κ1) is 7.21. The van der Waals surface area contributed by atoms with Crippen LogP contribution in [-0.4, -0.2) is 22.4 Å². The van der Waals surface area contributed by atoms with Gasteiger partial charge in [-0.3, -0.25) is 4.79 Å². The predicted octanol–water partition coefficient (Wildman–Crippen LogP) is 0.832. The molecule has 0 aromatic carbocycles. The summed E-state index contributed by atoms with van der Waals surface area (Å²) in [5.74, 6) is 0.560. The Morgan fingerprint density at radius 3 is 3.33 bits per heavy atom. The fourth-order valence-electron chi connectivity index (χ4n) is 1.17. The van der Waals surface area contributed by atoms with E-state index >= 15 is 0 Å². The van der Waals surface area contributed by atoms with Gasteiger partial charge >= 0.3 is 0 Å². The molecule has 2 rings (SSSR count). The summed E-state index contributed by atoms with van der Waals surface area (Å²) in [7, 11) is 0. The lowest BCUT2D eigenvalue weighted by molar-refractivity contribution is 0.0978. The Hall–Kier alpha value is -1.45. The summed E-state index contributed by atoms with van der Waals surface area (Å²) >= 11 is 0. The maximum absolute atomic E-state index is 11.3. The fraction of sp³-hybridized carbons (Fsp3) is 0.375. The molecule has 0 aliphatic carbocycles. The minimum absolute atomic E-state index is 0.0462. The Bertz CT molecular complexity index is 312. The highest BCUT2D eigenvalue weighted by Crippen LogP contribution is 2.19. The first-order valence-corrected chi connectivity index (χ1v) is 3.84. The van der Waals surface area contributed by atoms with Gasteiger partial charge in [-0.15, -0.1) is 0 Å². The molecule has 2 heterocycles. The molecule has 0 saturated heterocycles. The molecule has 0 atom stereocenters. The van der Waals surface area contributed by atoms with E-state index in [9.17, 15) is 4.79 Å². The molecule has 4 nitrogen and oxygen atoms in total. The van der Waals surface area contributed by atoms with Gasteiger partial charge < -0.3 is 4.74 Å². The van der Waals surface area contributed by atoms with E-state index in [4.69, 9.17) is 4.74 Å². The summed E-state index contributed by atoms with van der Waals surface area (Å²) in [5.41, 5.74) is 0.419. The van der Waals surface area contributed by atoms with Crippen LogP contribution in [0.2, 0.25) is 0 Å². The third kappa shape index (κ3) is 1.15. The zero-order chi connectivity index (χ0) is 8.39. The number of Topliss-reactive ketones (excluding diaryl/α,β-unsaturated/α-hetero) is 1. The van der Waals surface area contributed by atoms with Crippen LogP contribution in [0.5, 0.6) is 5.75 Å². The second-order valence-electron chi connectivity index (χ2n) is 2.61. The summed E-state index contributed by atoms with van der Waals surface area (Å²) in [4.78, 5) is 19.0. The molecule has 1 aromatic heterocycles. The number of ether oxygens (including phenoxy) is 1. The minimum Gasteiger partial charge on any atom is -0.490 e. The standard InChI is InChI=1S/C8H8N2O2/c11-6-2-1-3-12-7-4-9-5-10-8(6)7/h4-5H,1-3H2. The summed E-state index contributed by atoms with van der Waals surface area (Å²) < 4.78 is 5.27. The van der Waals surface area contributed by atoms with E-state index < -0.39 is 0 Å². The van der Waals surface area contributed by atoms with E-state index in [1.54, 1.807) is 0 Å². The Labute approximate surface area is 69.6 Å². The fourth-order valence-corrected chi connectivity index (χ4v) is 1.17.